The van der Waals surface area contributed by atoms with Gasteiger partial charge in [-0.2, -0.15) is 0 Å². The van der Waals surface area contributed by atoms with Crippen LogP contribution in [0.25, 0.3) is 0 Å². The van der Waals surface area contributed by atoms with Gasteiger partial charge in [-0.1, -0.05) is 41.4 Å². The largest absolute Gasteiger partial charge is 0.505 e. The topological polar surface area (TPSA) is 119 Å². The maximum absolute atomic E-state index is 12.8. The SMILES string of the molecule is O=C(O)[C@@H](Cc1cc(Cl)c(O)c(Cl)c1)OC(=O)N1CCC(N2CCc3ccccc3NC2=O)CC1. The van der Waals surface area contributed by atoms with Gasteiger partial charge in [0.2, 0.25) is 6.10 Å². The van der Waals surface area contributed by atoms with E-state index in [1.54, 1.807) is 4.90 Å². The van der Waals surface area contributed by atoms with Crippen LogP contribution in [0.4, 0.5) is 15.3 Å². The van der Waals surface area contributed by atoms with Gasteiger partial charge in [-0.25, -0.2) is 14.4 Å². The zero-order valence-corrected chi connectivity index (χ0v) is 20.3. The maximum atomic E-state index is 12.8. The smallest absolute Gasteiger partial charge is 0.410 e. The molecule has 2 aliphatic heterocycles. The van der Waals surface area contributed by atoms with Crippen molar-refractivity contribution in [2.45, 2.75) is 37.8 Å². The number of fused-ring (bicyclic) bond motifs is 1. The molecule has 0 radical (unpaired) electrons. The molecule has 2 aromatic carbocycles. The lowest BCUT2D eigenvalue weighted by atomic mass is 10.0. The molecule has 3 amide bonds. The first kappa shape index (κ1) is 24.9. The van der Waals surface area contributed by atoms with Crippen molar-refractivity contribution < 1.29 is 29.3 Å². The number of urea groups is 1. The van der Waals surface area contributed by atoms with Crippen molar-refractivity contribution in [2.75, 3.05) is 25.0 Å². The van der Waals surface area contributed by atoms with Crippen LogP contribution in [0.15, 0.2) is 36.4 Å². The monoisotopic (exact) mass is 521 g/mol. The number of carboxylic acid groups (broad SMARTS) is 1. The Morgan fingerprint density at radius 1 is 1.11 bits per heavy atom. The second kappa shape index (κ2) is 10.6. The van der Waals surface area contributed by atoms with Gasteiger partial charge in [-0.3, -0.25) is 0 Å². The third kappa shape index (κ3) is 5.74. The minimum atomic E-state index is -1.45. The fourth-order valence-corrected chi connectivity index (χ4v) is 4.96. The first-order valence-corrected chi connectivity index (χ1v) is 12.0. The van der Waals surface area contributed by atoms with Crippen molar-refractivity contribution in [2.24, 2.45) is 0 Å². The first-order valence-electron chi connectivity index (χ1n) is 11.2. The number of carbonyl (C=O) groups is 3. The number of likely N-dealkylation sites (tertiary alicyclic amines) is 1. The number of aromatic hydroxyl groups is 1. The summed E-state index contributed by atoms with van der Waals surface area (Å²) >= 11 is 11.8. The summed E-state index contributed by atoms with van der Waals surface area (Å²) < 4.78 is 5.28. The summed E-state index contributed by atoms with van der Waals surface area (Å²) in [5, 5.41) is 22.2. The molecule has 0 bridgehead atoms. The van der Waals surface area contributed by atoms with E-state index < -0.39 is 18.2 Å². The number of hydrogen-bond donors (Lipinski definition) is 3. The Bertz CT molecular complexity index is 1110. The molecule has 9 nitrogen and oxygen atoms in total. The number of carbonyl (C=O) groups excluding carboxylic acids is 2. The van der Waals surface area contributed by atoms with Gasteiger partial charge in [0.1, 0.15) is 0 Å². The summed E-state index contributed by atoms with van der Waals surface area (Å²) in [5.74, 6) is -1.61. The highest BCUT2D eigenvalue weighted by molar-refractivity contribution is 6.37. The summed E-state index contributed by atoms with van der Waals surface area (Å²) in [7, 11) is 0. The Kier molecular flexibility index (Phi) is 7.57. The van der Waals surface area contributed by atoms with Gasteiger partial charge in [0.25, 0.3) is 0 Å². The Labute approximate surface area is 212 Å². The average molecular weight is 522 g/mol. The van der Waals surface area contributed by atoms with Gasteiger partial charge < -0.3 is 30.1 Å². The summed E-state index contributed by atoms with van der Waals surface area (Å²) in [6.45, 7) is 1.25. The van der Waals surface area contributed by atoms with Gasteiger partial charge in [0.05, 0.1) is 10.0 Å². The lowest BCUT2D eigenvalue weighted by Crippen LogP contribution is -2.50. The number of amides is 3. The van der Waals surface area contributed by atoms with Crippen LogP contribution in [0.3, 0.4) is 0 Å². The zero-order valence-electron chi connectivity index (χ0n) is 18.7. The molecule has 1 atom stereocenters. The van der Waals surface area contributed by atoms with E-state index in [4.69, 9.17) is 27.9 Å². The van der Waals surface area contributed by atoms with E-state index in [0.717, 1.165) is 17.7 Å². The number of phenolic OH excluding ortho intramolecular Hbond substituents is 1. The predicted octanol–water partition coefficient (Wildman–Crippen LogP) is 4.39. The van der Waals surface area contributed by atoms with Crippen molar-refractivity contribution >= 4 is 47.0 Å². The molecule has 0 unspecified atom stereocenters. The molecule has 3 N–H and O–H groups in total. The Balaban J connectivity index is 1.33. The second-order valence-corrected chi connectivity index (χ2v) is 9.39. The van der Waals surface area contributed by atoms with Gasteiger partial charge in [-0.15, -0.1) is 0 Å². The standard InChI is InChI=1S/C24H25Cl2N3O6/c25-17-11-14(12-18(26)21(17)30)13-20(22(31)32)35-24(34)28-8-6-16(7-9-28)29-10-5-15-3-1-2-4-19(15)27-23(29)33/h1-4,11-12,16,20,30H,5-10,13H2,(H,27,33)(H,31,32)/t20-/m1/s1. The zero-order chi connectivity index (χ0) is 25.1. The second-order valence-electron chi connectivity index (χ2n) is 8.57. The van der Waals surface area contributed by atoms with Crippen LogP contribution in [-0.2, 0) is 22.4 Å². The maximum Gasteiger partial charge on any atom is 0.410 e. The molecule has 0 aromatic heterocycles. The summed E-state index contributed by atoms with van der Waals surface area (Å²) in [4.78, 5) is 40.4. The number of para-hydroxylation sites is 1. The fourth-order valence-electron chi connectivity index (χ4n) is 4.42. The number of phenols is 1. The minimum Gasteiger partial charge on any atom is -0.505 e. The third-order valence-corrected chi connectivity index (χ3v) is 6.90. The van der Waals surface area contributed by atoms with Gasteiger partial charge in [0, 0.05) is 37.8 Å². The highest BCUT2D eigenvalue weighted by atomic mass is 35.5. The quantitative estimate of drug-likeness (QED) is 0.536. The van der Waals surface area contributed by atoms with Gasteiger partial charge in [0.15, 0.2) is 5.75 Å². The summed E-state index contributed by atoms with van der Waals surface area (Å²) in [5.41, 5.74) is 2.31. The molecule has 0 saturated carbocycles. The highest BCUT2D eigenvalue weighted by Crippen LogP contribution is 2.33. The molecule has 11 heteroatoms. The van der Waals surface area contributed by atoms with E-state index in [1.807, 2.05) is 24.3 Å². The number of nitrogens with one attached hydrogen (secondary N) is 1. The van der Waals surface area contributed by atoms with Crippen molar-refractivity contribution in [1.29, 1.82) is 0 Å². The normalized spacial score (nSPS) is 17.3. The number of piperidine rings is 1. The lowest BCUT2D eigenvalue weighted by molar-refractivity contribution is -0.147. The molecule has 186 valence electrons. The molecule has 2 heterocycles. The number of aliphatic carboxylic acids is 1. The average Bonchev–Trinajstić information content (AvgIpc) is 3.00. The van der Waals surface area contributed by atoms with Crippen molar-refractivity contribution in [3.63, 3.8) is 0 Å². The number of benzene rings is 2. The number of carboxylic acids is 1. The number of anilines is 1. The Hall–Kier alpha value is -3.17. The van der Waals surface area contributed by atoms with Gasteiger partial charge in [-0.05, 0) is 48.6 Å². The van der Waals surface area contributed by atoms with Crippen LogP contribution in [0.2, 0.25) is 10.0 Å². The molecule has 35 heavy (non-hydrogen) atoms. The molecule has 0 aliphatic carbocycles. The van der Waals surface area contributed by atoms with Crippen LogP contribution < -0.4 is 5.32 Å². The molecule has 1 saturated heterocycles. The van der Waals surface area contributed by atoms with E-state index in [0.29, 0.717) is 38.0 Å². The number of hydrogen-bond acceptors (Lipinski definition) is 5. The minimum absolute atomic E-state index is 0.0225. The van der Waals surface area contributed by atoms with Crippen LogP contribution in [0.1, 0.15) is 24.0 Å². The van der Waals surface area contributed by atoms with Crippen molar-refractivity contribution in [3.05, 3.63) is 57.6 Å². The highest BCUT2D eigenvalue weighted by Gasteiger charge is 2.33. The first-order chi connectivity index (χ1) is 16.7. The number of nitrogens with zero attached hydrogens (tertiary/aromatic N) is 2. The van der Waals surface area contributed by atoms with Crippen molar-refractivity contribution in [1.82, 2.24) is 9.80 Å². The molecule has 2 aromatic rings. The number of ether oxygens (including phenoxy) is 1. The summed E-state index contributed by atoms with van der Waals surface area (Å²) in [6, 6.07) is 10.3. The fraction of sp³-hybridized carbons (Fsp3) is 0.375. The Morgan fingerprint density at radius 2 is 1.77 bits per heavy atom. The third-order valence-electron chi connectivity index (χ3n) is 6.32. The van der Waals surface area contributed by atoms with Crippen LogP contribution in [0, 0.1) is 0 Å². The van der Waals surface area contributed by atoms with E-state index in [2.05, 4.69) is 5.32 Å². The molecule has 2 aliphatic rings. The predicted molar refractivity (Wildman–Crippen MR) is 130 cm³/mol. The van der Waals surface area contributed by atoms with Crippen LogP contribution in [0.5, 0.6) is 5.75 Å². The van der Waals surface area contributed by atoms with E-state index in [-0.39, 0.29) is 34.3 Å². The Morgan fingerprint density at radius 3 is 2.43 bits per heavy atom. The number of rotatable bonds is 5. The molecule has 1 fully saturated rings. The van der Waals surface area contributed by atoms with Crippen molar-refractivity contribution in [3.8, 4) is 5.75 Å². The summed E-state index contributed by atoms with van der Waals surface area (Å²) in [6.07, 6.45) is -0.500. The molecular weight excluding hydrogens is 497 g/mol. The van der Waals surface area contributed by atoms with E-state index >= 15 is 0 Å². The van der Waals surface area contributed by atoms with Crippen LogP contribution >= 0.6 is 23.2 Å². The van der Waals surface area contributed by atoms with E-state index in [1.165, 1.54) is 17.0 Å². The molecule has 4 rings (SSSR count). The molecule has 0 spiro atoms. The van der Waals surface area contributed by atoms with E-state index in [9.17, 15) is 24.6 Å². The molecular formula is C24H25Cl2N3O6. The van der Waals surface area contributed by atoms with Crippen LogP contribution in [-0.4, -0.2) is 69.9 Å². The lowest BCUT2D eigenvalue weighted by Gasteiger charge is -2.37. The number of halogens is 2. The van der Waals surface area contributed by atoms with Gasteiger partial charge >= 0.3 is 18.1 Å².